The molecule has 0 bridgehead atoms. The van der Waals surface area contributed by atoms with Gasteiger partial charge in [-0.05, 0) is 59.2 Å². The van der Waals surface area contributed by atoms with Crippen LogP contribution in [0.1, 0.15) is 30.0 Å². The van der Waals surface area contributed by atoms with Crippen LogP contribution in [0, 0.1) is 5.82 Å². The fourth-order valence-electron chi connectivity index (χ4n) is 4.24. The zero-order chi connectivity index (χ0) is 30.3. The number of benzene rings is 3. The Morgan fingerprint density at radius 2 is 1.52 bits per heavy atom. The van der Waals surface area contributed by atoms with Crippen LogP contribution in [0.4, 0.5) is 17.6 Å². The van der Waals surface area contributed by atoms with Crippen molar-refractivity contribution in [1.82, 2.24) is 14.5 Å². The van der Waals surface area contributed by atoms with Crippen LogP contribution in [0.15, 0.2) is 93.8 Å². The molecule has 1 heterocycles. The molecular formula is C31H29F4N3O2S2. The minimum atomic E-state index is -4.39. The molecular weight excluding hydrogens is 586 g/mol. The summed E-state index contributed by atoms with van der Waals surface area (Å²) in [5.41, 5.74) is 2.10. The summed E-state index contributed by atoms with van der Waals surface area (Å²) in [6.07, 6.45) is -0.233. The molecule has 0 aliphatic heterocycles. The summed E-state index contributed by atoms with van der Waals surface area (Å²) in [7, 11) is 0. The first-order valence-corrected chi connectivity index (χ1v) is 15.4. The maximum absolute atomic E-state index is 13.5. The van der Waals surface area contributed by atoms with E-state index in [-0.39, 0.29) is 23.8 Å². The van der Waals surface area contributed by atoms with Gasteiger partial charge in [0.15, 0.2) is 5.16 Å². The fourth-order valence-corrected chi connectivity index (χ4v) is 5.61. The van der Waals surface area contributed by atoms with E-state index in [4.69, 9.17) is 0 Å². The Bertz CT molecular complexity index is 1560. The van der Waals surface area contributed by atoms with Crippen molar-refractivity contribution >= 4 is 29.4 Å². The third-order valence-corrected chi connectivity index (χ3v) is 8.23. The second-order valence-electron chi connectivity index (χ2n) is 9.53. The summed E-state index contributed by atoms with van der Waals surface area (Å²) < 4.78 is 53.7. The minimum Gasteiger partial charge on any atom is -0.337 e. The monoisotopic (exact) mass is 615 g/mol. The van der Waals surface area contributed by atoms with E-state index >= 15 is 0 Å². The van der Waals surface area contributed by atoms with Crippen molar-refractivity contribution in [2.45, 2.75) is 48.4 Å². The van der Waals surface area contributed by atoms with Crippen molar-refractivity contribution in [1.29, 1.82) is 0 Å². The summed E-state index contributed by atoms with van der Waals surface area (Å²) in [6.45, 7) is 2.82. The highest BCUT2D eigenvalue weighted by Gasteiger charge is 2.30. The Hall–Kier alpha value is -3.57. The Balaban J connectivity index is 1.49. The lowest BCUT2D eigenvalue weighted by atomic mass is 10.0. The molecule has 11 heteroatoms. The summed E-state index contributed by atoms with van der Waals surface area (Å²) in [5.74, 6) is -0.0347. The average molecular weight is 616 g/mol. The van der Waals surface area contributed by atoms with Crippen LogP contribution in [0.3, 0.4) is 0 Å². The van der Waals surface area contributed by atoms with Gasteiger partial charge in [-0.25, -0.2) is 4.39 Å². The summed E-state index contributed by atoms with van der Waals surface area (Å²) in [5, 5.41) is 0.396. The molecule has 0 unspecified atom stereocenters. The highest BCUT2D eigenvalue weighted by Crippen LogP contribution is 2.31. The third-order valence-electron chi connectivity index (χ3n) is 6.45. The van der Waals surface area contributed by atoms with Gasteiger partial charge in [0.1, 0.15) is 12.4 Å². The maximum Gasteiger partial charge on any atom is 0.416 e. The number of alkyl halides is 3. The van der Waals surface area contributed by atoms with Crippen LogP contribution >= 0.6 is 23.5 Å². The maximum atomic E-state index is 13.5. The van der Waals surface area contributed by atoms with Crippen molar-refractivity contribution in [3.8, 4) is 11.1 Å². The lowest BCUT2D eigenvalue weighted by Crippen LogP contribution is -2.35. The minimum absolute atomic E-state index is 0.0176. The van der Waals surface area contributed by atoms with Gasteiger partial charge in [0.25, 0.3) is 5.56 Å². The molecule has 1 amide bonds. The number of carbonyl (C=O) groups is 1. The van der Waals surface area contributed by atoms with Crippen molar-refractivity contribution in [3.63, 3.8) is 0 Å². The molecule has 0 spiro atoms. The van der Waals surface area contributed by atoms with Gasteiger partial charge in [-0.1, -0.05) is 67.2 Å². The topological polar surface area (TPSA) is 55.2 Å². The number of thioether (sulfide) groups is 2. The SMILES string of the molecule is CCCN(Cc1ccc(-c2ccc(C(F)(F)F)cc2)cc1)C(=O)Cn1cc(SC)c(=O)nc1SCc1ccc(F)cc1. The van der Waals surface area contributed by atoms with Gasteiger partial charge in [0.05, 0.1) is 10.5 Å². The standard InChI is InChI=1S/C31H29F4N3O2S2/c1-3-16-37(17-21-4-8-23(9-5-21)24-10-12-25(13-11-24)31(33,34)35)28(39)19-38-18-27(41-2)29(40)36-30(38)42-20-22-6-14-26(32)15-7-22/h4-15,18H,3,16-17,19-20H2,1-2H3. The number of hydrogen-bond donors (Lipinski definition) is 0. The molecule has 0 aliphatic rings. The molecule has 3 aromatic carbocycles. The number of aromatic nitrogens is 2. The van der Waals surface area contributed by atoms with E-state index in [1.807, 2.05) is 31.2 Å². The number of hydrogen-bond acceptors (Lipinski definition) is 5. The first kappa shape index (κ1) is 31.4. The van der Waals surface area contributed by atoms with Crippen LogP contribution in [-0.2, 0) is 29.8 Å². The van der Waals surface area contributed by atoms with Crippen molar-refractivity contribution in [2.24, 2.45) is 0 Å². The van der Waals surface area contributed by atoms with Crippen molar-refractivity contribution in [3.05, 3.63) is 112 Å². The van der Waals surface area contributed by atoms with Gasteiger partial charge >= 0.3 is 6.18 Å². The zero-order valence-electron chi connectivity index (χ0n) is 23.0. The Kier molecular flexibility index (Phi) is 10.5. The first-order valence-electron chi connectivity index (χ1n) is 13.1. The molecule has 0 N–H and O–H groups in total. The molecule has 220 valence electrons. The first-order chi connectivity index (χ1) is 20.1. The molecule has 0 saturated carbocycles. The molecule has 4 aromatic rings. The number of amides is 1. The van der Waals surface area contributed by atoms with Gasteiger partial charge < -0.3 is 9.47 Å². The second kappa shape index (κ2) is 14.1. The zero-order valence-corrected chi connectivity index (χ0v) is 24.7. The molecule has 0 aliphatic carbocycles. The number of halogens is 4. The van der Waals surface area contributed by atoms with Gasteiger partial charge in [-0.15, -0.1) is 11.8 Å². The van der Waals surface area contributed by atoms with E-state index in [1.54, 1.807) is 34.1 Å². The summed E-state index contributed by atoms with van der Waals surface area (Å²) in [6, 6.07) is 18.5. The lowest BCUT2D eigenvalue weighted by molar-refractivity contribution is -0.137. The predicted molar refractivity (Wildman–Crippen MR) is 159 cm³/mol. The van der Waals surface area contributed by atoms with Crippen LogP contribution in [0.2, 0.25) is 0 Å². The molecule has 4 rings (SSSR count). The highest BCUT2D eigenvalue weighted by molar-refractivity contribution is 7.98. The van der Waals surface area contributed by atoms with Gasteiger partial charge in [0, 0.05) is 25.0 Å². The highest BCUT2D eigenvalue weighted by atomic mass is 32.2. The van der Waals surface area contributed by atoms with Gasteiger partial charge in [-0.3, -0.25) is 9.59 Å². The summed E-state index contributed by atoms with van der Waals surface area (Å²) in [4.78, 5) is 32.4. The smallest absolute Gasteiger partial charge is 0.337 e. The van der Waals surface area contributed by atoms with Crippen LogP contribution < -0.4 is 5.56 Å². The normalized spacial score (nSPS) is 11.5. The second-order valence-corrected chi connectivity index (χ2v) is 11.3. The number of carbonyl (C=O) groups excluding carboxylic acids is 1. The van der Waals surface area contributed by atoms with Crippen molar-refractivity contribution < 1.29 is 22.4 Å². The van der Waals surface area contributed by atoms with Gasteiger partial charge in [-0.2, -0.15) is 18.2 Å². The van der Waals surface area contributed by atoms with Crippen LogP contribution in [0.25, 0.3) is 11.1 Å². The fraction of sp³-hybridized carbons (Fsp3) is 0.258. The molecule has 0 radical (unpaired) electrons. The van der Waals surface area contributed by atoms with E-state index in [9.17, 15) is 27.2 Å². The molecule has 0 saturated heterocycles. The van der Waals surface area contributed by atoms with Crippen LogP contribution in [-0.4, -0.2) is 33.2 Å². The van der Waals surface area contributed by atoms with Crippen LogP contribution in [0.5, 0.6) is 0 Å². The molecule has 0 fully saturated rings. The van der Waals surface area contributed by atoms with E-state index in [0.29, 0.717) is 34.5 Å². The predicted octanol–water partition coefficient (Wildman–Crippen LogP) is 7.52. The van der Waals surface area contributed by atoms with E-state index in [1.165, 1.54) is 47.8 Å². The van der Waals surface area contributed by atoms with E-state index in [0.717, 1.165) is 35.2 Å². The number of rotatable bonds is 11. The molecule has 1 aromatic heterocycles. The lowest BCUT2D eigenvalue weighted by Gasteiger charge is -2.24. The molecule has 0 atom stereocenters. The Morgan fingerprint density at radius 1 is 0.929 bits per heavy atom. The average Bonchev–Trinajstić information content (AvgIpc) is 2.97. The van der Waals surface area contributed by atoms with E-state index in [2.05, 4.69) is 4.98 Å². The quantitative estimate of drug-likeness (QED) is 0.0993. The Morgan fingerprint density at radius 3 is 2.10 bits per heavy atom. The Labute approximate surface area is 250 Å². The number of nitrogens with zero attached hydrogens (tertiary/aromatic N) is 3. The largest absolute Gasteiger partial charge is 0.416 e. The van der Waals surface area contributed by atoms with E-state index < -0.39 is 11.7 Å². The molecule has 42 heavy (non-hydrogen) atoms. The third kappa shape index (κ3) is 8.25. The molecule has 5 nitrogen and oxygen atoms in total. The summed E-state index contributed by atoms with van der Waals surface area (Å²) >= 11 is 2.56. The van der Waals surface area contributed by atoms with Gasteiger partial charge in [0.2, 0.25) is 5.91 Å². The van der Waals surface area contributed by atoms with Crippen molar-refractivity contribution in [2.75, 3.05) is 12.8 Å².